The van der Waals surface area contributed by atoms with E-state index in [9.17, 15) is 4.79 Å². The molecule has 55 valence electrons. The maximum absolute atomic E-state index is 10.7. The second kappa shape index (κ2) is 3.06. The first-order valence-corrected chi connectivity index (χ1v) is 3.46. The van der Waals surface area contributed by atoms with Crippen LogP contribution in [0, 0.1) is 0 Å². The van der Waals surface area contributed by atoms with E-state index in [2.05, 4.69) is 12.7 Å². The monoisotopic (exact) mass is 139 g/mol. The maximum Gasteiger partial charge on any atom is 0.219 e. The van der Waals surface area contributed by atoms with Gasteiger partial charge in [-0.25, -0.2) is 0 Å². The Hall–Kier alpha value is -0.505. The highest BCUT2D eigenvalue weighted by Gasteiger charge is 2.22. The zero-order valence-corrected chi connectivity index (χ0v) is 6.42. The third kappa shape index (κ3) is 2.03. The van der Waals surface area contributed by atoms with Crippen molar-refractivity contribution in [2.24, 2.45) is 0 Å². The van der Waals surface area contributed by atoms with Crippen molar-refractivity contribution < 1.29 is 4.79 Å². The van der Waals surface area contributed by atoms with Crippen molar-refractivity contribution in [2.45, 2.75) is 12.2 Å². The number of hydrogen-bond acceptors (Lipinski definition) is 2. The smallest absolute Gasteiger partial charge is 0.219 e. The molecule has 0 aliphatic carbocycles. The van der Waals surface area contributed by atoms with Gasteiger partial charge in [0.25, 0.3) is 0 Å². The SMILES string of the molecule is CN(C)[B]C1CNC(=O)C1. The van der Waals surface area contributed by atoms with Crippen LogP contribution in [0.15, 0.2) is 0 Å². The third-order valence-electron chi connectivity index (χ3n) is 1.52. The Morgan fingerprint density at radius 1 is 1.70 bits per heavy atom. The fourth-order valence-corrected chi connectivity index (χ4v) is 1.15. The second-order valence-electron chi connectivity index (χ2n) is 2.88. The molecule has 1 heterocycles. The average Bonchev–Trinajstić information content (AvgIpc) is 2.13. The molecule has 1 N–H and O–H groups in total. The van der Waals surface area contributed by atoms with Crippen molar-refractivity contribution in [2.75, 3.05) is 20.6 Å². The lowest BCUT2D eigenvalue weighted by Crippen LogP contribution is -2.23. The molecule has 3 nitrogen and oxygen atoms in total. The number of carbonyl (C=O) groups is 1. The van der Waals surface area contributed by atoms with E-state index in [4.69, 9.17) is 0 Å². The lowest BCUT2D eigenvalue weighted by Gasteiger charge is -2.10. The predicted octanol–water partition coefficient (Wildman–Crippen LogP) is -0.524. The van der Waals surface area contributed by atoms with Crippen molar-refractivity contribution in [1.82, 2.24) is 10.1 Å². The van der Waals surface area contributed by atoms with Crippen LogP contribution >= 0.6 is 0 Å². The van der Waals surface area contributed by atoms with E-state index in [1.54, 1.807) is 0 Å². The standard InChI is InChI=1S/C6H12BN2O/c1-9(2)7-5-3-6(10)8-4-5/h5H,3-4H2,1-2H3,(H,8,10). The van der Waals surface area contributed by atoms with Crippen LogP contribution in [0.25, 0.3) is 0 Å². The average molecular weight is 139 g/mol. The van der Waals surface area contributed by atoms with E-state index >= 15 is 0 Å². The molecular weight excluding hydrogens is 127 g/mol. The summed E-state index contributed by atoms with van der Waals surface area (Å²) in [5, 5.41) is 2.78. The molecule has 1 aliphatic heterocycles. The fourth-order valence-electron chi connectivity index (χ4n) is 1.15. The van der Waals surface area contributed by atoms with E-state index in [1.165, 1.54) is 0 Å². The van der Waals surface area contributed by atoms with Gasteiger partial charge in [-0.05, 0) is 19.9 Å². The summed E-state index contributed by atoms with van der Waals surface area (Å²) >= 11 is 0. The van der Waals surface area contributed by atoms with E-state index < -0.39 is 0 Å². The van der Waals surface area contributed by atoms with Gasteiger partial charge in [-0.3, -0.25) is 4.79 Å². The zero-order chi connectivity index (χ0) is 7.56. The first kappa shape index (κ1) is 7.60. The first-order valence-electron chi connectivity index (χ1n) is 3.46. The number of amides is 1. The van der Waals surface area contributed by atoms with Crippen molar-refractivity contribution in [3.63, 3.8) is 0 Å². The Balaban J connectivity index is 2.24. The number of nitrogens with zero attached hydrogens (tertiary/aromatic N) is 1. The van der Waals surface area contributed by atoms with Crippen LogP contribution < -0.4 is 5.32 Å². The van der Waals surface area contributed by atoms with Gasteiger partial charge < -0.3 is 10.1 Å². The summed E-state index contributed by atoms with van der Waals surface area (Å²) in [6.45, 7) is 0.803. The van der Waals surface area contributed by atoms with E-state index in [0.717, 1.165) is 6.54 Å². The minimum atomic E-state index is 0.170. The van der Waals surface area contributed by atoms with Crippen molar-refractivity contribution in [1.29, 1.82) is 0 Å². The molecule has 0 bridgehead atoms. The van der Waals surface area contributed by atoms with Crippen LogP contribution in [-0.4, -0.2) is 38.8 Å². The summed E-state index contributed by atoms with van der Waals surface area (Å²) in [4.78, 5) is 12.7. The van der Waals surface area contributed by atoms with Crippen molar-refractivity contribution in [3.8, 4) is 0 Å². The van der Waals surface area contributed by atoms with Gasteiger partial charge >= 0.3 is 0 Å². The van der Waals surface area contributed by atoms with Gasteiger partial charge in [0.2, 0.25) is 13.3 Å². The topological polar surface area (TPSA) is 32.3 Å². The van der Waals surface area contributed by atoms with Gasteiger partial charge in [0, 0.05) is 13.0 Å². The van der Waals surface area contributed by atoms with Gasteiger partial charge in [-0.15, -0.1) is 0 Å². The summed E-state index contributed by atoms with van der Waals surface area (Å²) in [6.07, 6.45) is 0.651. The molecule has 0 aromatic heterocycles. The van der Waals surface area contributed by atoms with Gasteiger partial charge in [0.1, 0.15) is 0 Å². The molecule has 0 aromatic carbocycles. The van der Waals surface area contributed by atoms with Gasteiger partial charge in [0.05, 0.1) is 0 Å². The molecule has 1 fully saturated rings. The van der Waals surface area contributed by atoms with Crippen LogP contribution in [0.3, 0.4) is 0 Å². The zero-order valence-electron chi connectivity index (χ0n) is 6.42. The highest BCUT2D eigenvalue weighted by molar-refractivity contribution is 6.35. The van der Waals surface area contributed by atoms with Crippen LogP contribution in [0.2, 0.25) is 5.82 Å². The van der Waals surface area contributed by atoms with E-state index in [1.807, 2.05) is 18.9 Å². The molecular formula is C6H12BN2O. The second-order valence-corrected chi connectivity index (χ2v) is 2.88. The highest BCUT2D eigenvalue weighted by atomic mass is 16.1. The van der Waals surface area contributed by atoms with Gasteiger partial charge in [0.15, 0.2) is 0 Å². The van der Waals surface area contributed by atoms with Crippen LogP contribution in [0.5, 0.6) is 0 Å². The van der Waals surface area contributed by atoms with Gasteiger partial charge in [-0.1, -0.05) is 0 Å². The number of carbonyl (C=O) groups excluding carboxylic acids is 1. The van der Waals surface area contributed by atoms with Crippen molar-refractivity contribution >= 4 is 13.3 Å². The fraction of sp³-hybridized carbons (Fsp3) is 0.833. The van der Waals surface area contributed by atoms with E-state index in [0.29, 0.717) is 12.2 Å². The molecule has 10 heavy (non-hydrogen) atoms. The van der Waals surface area contributed by atoms with Crippen LogP contribution in [0.1, 0.15) is 6.42 Å². The summed E-state index contributed by atoms with van der Waals surface area (Å²) in [7, 11) is 6.02. The molecule has 4 heteroatoms. The van der Waals surface area contributed by atoms with Crippen LogP contribution in [0.4, 0.5) is 0 Å². The molecule has 0 spiro atoms. The number of nitrogens with one attached hydrogen (secondary N) is 1. The summed E-state index contributed by atoms with van der Waals surface area (Å²) < 4.78 is 0. The van der Waals surface area contributed by atoms with Gasteiger partial charge in [-0.2, -0.15) is 0 Å². The summed E-state index contributed by atoms with van der Waals surface area (Å²) in [5.41, 5.74) is 0. The molecule has 0 saturated carbocycles. The molecule has 1 aliphatic rings. The Bertz CT molecular complexity index is 138. The Morgan fingerprint density at radius 3 is 2.80 bits per heavy atom. The maximum atomic E-state index is 10.7. The number of hydrogen-bond donors (Lipinski definition) is 1. The largest absolute Gasteiger partial charge is 0.356 e. The molecule has 1 amide bonds. The summed E-state index contributed by atoms with van der Waals surface area (Å²) in [5.74, 6) is 0.575. The molecule has 1 radical (unpaired) electrons. The normalized spacial score (nSPS) is 25.1. The Kier molecular flexibility index (Phi) is 2.32. The Morgan fingerprint density at radius 2 is 2.40 bits per heavy atom. The van der Waals surface area contributed by atoms with E-state index in [-0.39, 0.29) is 5.91 Å². The molecule has 1 saturated heterocycles. The minimum Gasteiger partial charge on any atom is -0.356 e. The lowest BCUT2D eigenvalue weighted by atomic mass is 9.74. The minimum absolute atomic E-state index is 0.170. The lowest BCUT2D eigenvalue weighted by molar-refractivity contribution is -0.119. The highest BCUT2D eigenvalue weighted by Crippen LogP contribution is 2.13. The van der Waals surface area contributed by atoms with Crippen molar-refractivity contribution in [3.05, 3.63) is 0 Å². The molecule has 1 atom stereocenters. The molecule has 1 unspecified atom stereocenters. The predicted molar refractivity (Wildman–Crippen MR) is 40.8 cm³/mol. The first-order chi connectivity index (χ1) is 4.68. The Labute approximate surface area is 62.0 Å². The van der Waals surface area contributed by atoms with Crippen LogP contribution in [-0.2, 0) is 4.79 Å². The molecule has 1 rings (SSSR count). The summed E-state index contributed by atoms with van der Waals surface area (Å²) in [6, 6.07) is 0. The molecule has 0 aromatic rings. The quantitative estimate of drug-likeness (QED) is 0.522. The number of rotatable bonds is 2. The third-order valence-corrected chi connectivity index (χ3v) is 1.52.